The standard InChI is InChI=1S/C15H19BrClNO2/c1-20-12-5-6-14(16)13(7-12)15(19)18-9-11-4-2-3-10(11)8-17/h5-7,10-11H,2-4,8-9H2,1H3,(H,18,19). The van der Waals surface area contributed by atoms with Crippen LogP contribution >= 0.6 is 27.5 Å². The van der Waals surface area contributed by atoms with Crippen LogP contribution in [-0.4, -0.2) is 25.4 Å². The van der Waals surface area contributed by atoms with Gasteiger partial charge in [-0.3, -0.25) is 4.79 Å². The highest BCUT2D eigenvalue weighted by Crippen LogP contribution is 2.32. The van der Waals surface area contributed by atoms with Crippen LogP contribution in [0.1, 0.15) is 29.6 Å². The Balaban J connectivity index is 1.98. The molecule has 0 heterocycles. The zero-order valence-electron chi connectivity index (χ0n) is 11.5. The number of carbonyl (C=O) groups excluding carboxylic acids is 1. The van der Waals surface area contributed by atoms with E-state index < -0.39 is 0 Å². The zero-order chi connectivity index (χ0) is 14.5. The maximum absolute atomic E-state index is 12.3. The zero-order valence-corrected chi connectivity index (χ0v) is 13.8. The van der Waals surface area contributed by atoms with Gasteiger partial charge in [0.05, 0.1) is 12.7 Å². The summed E-state index contributed by atoms with van der Waals surface area (Å²) in [5.74, 6) is 2.32. The van der Waals surface area contributed by atoms with Gasteiger partial charge in [0, 0.05) is 16.9 Å². The molecular weight excluding hydrogens is 342 g/mol. The van der Waals surface area contributed by atoms with Crippen molar-refractivity contribution in [3.63, 3.8) is 0 Å². The van der Waals surface area contributed by atoms with Crippen molar-refractivity contribution in [2.45, 2.75) is 19.3 Å². The lowest BCUT2D eigenvalue weighted by molar-refractivity contribution is 0.0943. The van der Waals surface area contributed by atoms with Gasteiger partial charge in [0.25, 0.3) is 5.91 Å². The fourth-order valence-corrected chi connectivity index (χ4v) is 3.54. The first-order chi connectivity index (χ1) is 9.65. The summed E-state index contributed by atoms with van der Waals surface area (Å²) < 4.78 is 5.93. The van der Waals surface area contributed by atoms with Gasteiger partial charge >= 0.3 is 0 Å². The van der Waals surface area contributed by atoms with E-state index in [0.717, 1.165) is 10.9 Å². The van der Waals surface area contributed by atoms with E-state index in [9.17, 15) is 4.79 Å². The Morgan fingerprint density at radius 3 is 2.90 bits per heavy atom. The Morgan fingerprint density at radius 2 is 2.20 bits per heavy atom. The minimum Gasteiger partial charge on any atom is -0.497 e. The number of nitrogens with one attached hydrogen (secondary N) is 1. The summed E-state index contributed by atoms with van der Waals surface area (Å²) in [6.07, 6.45) is 3.53. The number of hydrogen-bond acceptors (Lipinski definition) is 2. The molecule has 1 aliphatic carbocycles. The molecule has 0 bridgehead atoms. The van der Waals surface area contributed by atoms with Gasteiger partial charge in [-0.15, -0.1) is 11.6 Å². The second kappa shape index (κ2) is 7.32. The molecule has 5 heteroatoms. The van der Waals surface area contributed by atoms with Crippen LogP contribution in [0.5, 0.6) is 5.75 Å². The second-order valence-corrected chi connectivity index (χ2v) is 6.32. The monoisotopic (exact) mass is 359 g/mol. The molecule has 2 atom stereocenters. The fraction of sp³-hybridized carbons (Fsp3) is 0.533. The van der Waals surface area contributed by atoms with Crippen LogP contribution in [0.3, 0.4) is 0 Å². The highest BCUT2D eigenvalue weighted by molar-refractivity contribution is 9.10. The SMILES string of the molecule is COc1ccc(Br)c(C(=O)NCC2CCCC2CCl)c1. The van der Waals surface area contributed by atoms with E-state index in [0.29, 0.717) is 35.6 Å². The van der Waals surface area contributed by atoms with Gasteiger partial charge in [-0.25, -0.2) is 0 Å². The largest absolute Gasteiger partial charge is 0.497 e. The van der Waals surface area contributed by atoms with E-state index in [4.69, 9.17) is 16.3 Å². The lowest BCUT2D eigenvalue weighted by Gasteiger charge is -2.18. The van der Waals surface area contributed by atoms with Crippen molar-refractivity contribution in [2.75, 3.05) is 19.5 Å². The van der Waals surface area contributed by atoms with Gasteiger partial charge in [-0.05, 0) is 58.8 Å². The van der Waals surface area contributed by atoms with Crippen molar-refractivity contribution in [3.05, 3.63) is 28.2 Å². The topological polar surface area (TPSA) is 38.3 Å². The minimum atomic E-state index is -0.0732. The van der Waals surface area contributed by atoms with Crippen molar-refractivity contribution in [2.24, 2.45) is 11.8 Å². The molecule has 0 radical (unpaired) electrons. The highest BCUT2D eigenvalue weighted by Gasteiger charge is 2.26. The Kier molecular flexibility index (Phi) is 5.73. The van der Waals surface area contributed by atoms with Crippen LogP contribution in [0.2, 0.25) is 0 Å². The molecule has 0 saturated heterocycles. The van der Waals surface area contributed by atoms with E-state index >= 15 is 0 Å². The van der Waals surface area contributed by atoms with E-state index in [1.807, 2.05) is 12.1 Å². The van der Waals surface area contributed by atoms with Crippen LogP contribution in [0.15, 0.2) is 22.7 Å². The van der Waals surface area contributed by atoms with Gasteiger partial charge in [-0.2, -0.15) is 0 Å². The molecule has 2 unspecified atom stereocenters. The Morgan fingerprint density at radius 1 is 1.45 bits per heavy atom. The molecule has 1 amide bonds. The average molecular weight is 361 g/mol. The minimum absolute atomic E-state index is 0.0732. The first-order valence-corrected chi connectivity index (χ1v) is 8.16. The number of amides is 1. The first-order valence-electron chi connectivity index (χ1n) is 6.83. The number of rotatable bonds is 5. The van der Waals surface area contributed by atoms with Gasteiger partial charge in [0.15, 0.2) is 0 Å². The van der Waals surface area contributed by atoms with Crippen molar-refractivity contribution in [3.8, 4) is 5.75 Å². The third-order valence-electron chi connectivity index (χ3n) is 3.96. The summed E-state index contributed by atoms with van der Waals surface area (Å²) in [6, 6.07) is 5.39. The lowest BCUT2D eigenvalue weighted by Crippen LogP contribution is -2.31. The molecule has 0 aliphatic heterocycles. The average Bonchev–Trinajstić information content (AvgIpc) is 2.92. The molecule has 1 aromatic carbocycles. The number of hydrogen-bond donors (Lipinski definition) is 1. The summed E-state index contributed by atoms with van der Waals surface area (Å²) in [5, 5.41) is 3.01. The molecule has 0 aromatic heterocycles. The van der Waals surface area contributed by atoms with E-state index in [-0.39, 0.29) is 5.91 Å². The molecule has 0 spiro atoms. The van der Waals surface area contributed by atoms with E-state index in [2.05, 4.69) is 21.2 Å². The molecule has 3 nitrogen and oxygen atoms in total. The maximum Gasteiger partial charge on any atom is 0.252 e. The molecular formula is C15H19BrClNO2. The van der Waals surface area contributed by atoms with E-state index in [1.165, 1.54) is 12.8 Å². The predicted octanol–water partition coefficient (Wildman–Crippen LogP) is 3.84. The number of benzene rings is 1. The molecule has 2 rings (SSSR count). The Bertz CT molecular complexity index is 481. The molecule has 1 N–H and O–H groups in total. The van der Waals surface area contributed by atoms with Crippen LogP contribution in [-0.2, 0) is 0 Å². The van der Waals surface area contributed by atoms with Crippen LogP contribution in [0, 0.1) is 11.8 Å². The molecule has 1 aromatic rings. The van der Waals surface area contributed by atoms with Crippen molar-refractivity contribution < 1.29 is 9.53 Å². The number of methoxy groups -OCH3 is 1. The molecule has 1 saturated carbocycles. The van der Waals surface area contributed by atoms with Crippen LogP contribution in [0.25, 0.3) is 0 Å². The van der Waals surface area contributed by atoms with Gasteiger partial charge in [-0.1, -0.05) is 6.42 Å². The lowest BCUT2D eigenvalue weighted by atomic mass is 9.98. The summed E-state index contributed by atoms with van der Waals surface area (Å²) in [7, 11) is 1.59. The number of alkyl halides is 1. The summed E-state index contributed by atoms with van der Waals surface area (Å²) in [4.78, 5) is 12.3. The molecule has 1 fully saturated rings. The molecule has 110 valence electrons. The smallest absolute Gasteiger partial charge is 0.252 e. The summed E-state index contributed by atoms with van der Waals surface area (Å²) in [6.45, 7) is 0.694. The Labute approximate surface area is 133 Å². The van der Waals surface area contributed by atoms with E-state index in [1.54, 1.807) is 13.2 Å². The van der Waals surface area contributed by atoms with Crippen molar-refractivity contribution >= 4 is 33.4 Å². The van der Waals surface area contributed by atoms with Crippen molar-refractivity contribution in [1.82, 2.24) is 5.32 Å². The van der Waals surface area contributed by atoms with Crippen LogP contribution < -0.4 is 10.1 Å². The molecule has 1 aliphatic rings. The number of ether oxygens (including phenoxy) is 1. The second-order valence-electron chi connectivity index (χ2n) is 5.16. The normalized spacial score (nSPS) is 21.8. The maximum atomic E-state index is 12.3. The Hall–Kier alpha value is -0.740. The third-order valence-corrected chi connectivity index (χ3v) is 5.05. The highest BCUT2D eigenvalue weighted by atomic mass is 79.9. The number of carbonyl (C=O) groups is 1. The summed E-state index contributed by atoms with van der Waals surface area (Å²) >= 11 is 9.36. The van der Waals surface area contributed by atoms with Gasteiger partial charge in [0.1, 0.15) is 5.75 Å². The molecule has 20 heavy (non-hydrogen) atoms. The van der Waals surface area contributed by atoms with Gasteiger partial charge < -0.3 is 10.1 Å². The third kappa shape index (κ3) is 3.67. The quantitative estimate of drug-likeness (QED) is 0.810. The van der Waals surface area contributed by atoms with Gasteiger partial charge in [0.2, 0.25) is 0 Å². The van der Waals surface area contributed by atoms with Crippen LogP contribution in [0.4, 0.5) is 0 Å². The number of halogens is 2. The predicted molar refractivity (Wildman–Crippen MR) is 84.6 cm³/mol. The fourth-order valence-electron chi connectivity index (χ4n) is 2.71. The summed E-state index contributed by atoms with van der Waals surface area (Å²) in [5.41, 5.74) is 0.602. The van der Waals surface area contributed by atoms with Crippen molar-refractivity contribution in [1.29, 1.82) is 0 Å². The first kappa shape index (κ1) is 15.6.